The second-order valence-corrected chi connectivity index (χ2v) is 4.30. The number of hydrogen-bond donors (Lipinski definition) is 0. The lowest BCUT2D eigenvalue weighted by Gasteiger charge is -2.29. The summed E-state index contributed by atoms with van der Waals surface area (Å²) < 4.78 is 0. The number of nitrogens with zero attached hydrogens (tertiary/aromatic N) is 3. The van der Waals surface area contributed by atoms with Crippen molar-refractivity contribution in [1.29, 1.82) is 0 Å². The zero-order valence-electron chi connectivity index (χ0n) is 8.32. The van der Waals surface area contributed by atoms with Gasteiger partial charge in [-0.15, -0.1) is 0 Å². The highest BCUT2D eigenvalue weighted by Crippen LogP contribution is 2.44. The minimum absolute atomic E-state index is 0.210. The fourth-order valence-electron chi connectivity index (χ4n) is 3.01. The van der Waals surface area contributed by atoms with Crippen molar-refractivity contribution in [2.75, 3.05) is 13.1 Å². The number of hydrogen-bond acceptors (Lipinski definition) is 3. The molecule has 74 valence electrons. The van der Waals surface area contributed by atoms with Crippen molar-refractivity contribution in [2.45, 2.75) is 31.2 Å². The van der Waals surface area contributed by atoms with Crippen LogP contribution in [0.25, 0.3) is 0 Å². The van der Waals surface area contributed by atoms with Crippen LogP contribution in [-0.4, -0.2) is 28.0 Å². The van der Waals surface area contributed by atoms with Gasteiger partial charge < -0.3 is 0 Å². The molecule has 3 rings (SSSR count). The first-order valence-corrected chi connectivity index (χ1v) is 5.44. The molecule has 3 heterocycles. The van der Waals surface area contributed by atoms with Crippen molar-refractivity contribution >= 4 is 0 Å². The number of aromatic nitrogens is 2. The van der Waals surface area contributed by atoms with Gasteiger partial charge in [-0.2, -0.15) is 0 Å². The van der Waals surface area contributed by atoms with E-state index in [1.54, 1.807) is 0 Å². The van der Waals surface area contributed by atoms with Gasteiger partial charge >= 0.3 is 0 Å². The molecule has 0 unspecified atom stereocenters. The smallest absolute Gasteiger partial charge is 0.148 e. The molecular formula is C11H15N3. The summed E-state index contributed by atoms with van der Waals surface area (Å²) in [6.45, 7) is 2.47. The summed E-state index contributed by atoms with van der Waals surface area (Å²) in [7, 11) is 0. The first-order valence-electron chi connectivity index (χ1n) is 5.44. The topological polar surface area (TPSA) is 29.0 Å². The van der Waals surface area contributed by atoms with Crippen LogP contribution in [0.3, 0.4) is 0 Å². The van der Waals surface area contributed by atoms with E-state index in [1.165, 1.54) is 38.8 Å². The molecule has 0 saturated carbocycles. The van der Waals surface area contributed by atoms with Crippen molar-refractivity contribution in [3.63, 3.8) is 0 Å². The minimum atomic E-state index is 0.210. The van der Waals surface area contributed by atoms with Crippen LogP contribution in [-0.2, 0) is 5.54 Å². The largest absolute Gasteiger partial charge is 0.291 e. The van der Waals surface area contributed by atoms with Crippen LogP contribution in [0, 0.1) is 0 Å². The molecule has 0 bridgehead atoms. The first-order chi connectivity index (χ1) is 6.92. The third kappa shape index (κ3) is 1.02. The molecule has 14 heavy (non-hydrogen) atoms. The third-order valence-electron chi connectivity index (χ3n) is 3.62. The van der Waals surface area contributed by atoms with Crippen molar-refractivity contribution in [3.8, 4) is 0 Å². The quantitative estimate of drug-likeness (QED) is 0.671. The average molecular weight is 189 g/mol. The highest BCUT2D eigenvalue weighted by atomic mass is 15.3. The third-order valence-corrected chi connectivity index (χ3v) is 3.62. The minimum Gasteiger partial charge on any atom is -0.291 e. The standard InChI is InChI=1S/C11H15N3/c1-4-11(5-2-9-14(11)8-1)10-12-6-3-7-13-10/h3,6-7H,1-2,4-5,8-9H2. The van der Waals surface area contributed by atoms with Gasteiger partial charge in [0.05, 0.1) is 5.54 Å². The first kappa shape index (κ1) is 8.36. The van der Waals surface area contributed by atoms with E-state index in [0.29, 0.717) is 0 Å². The van der Waals surface area contributed by atoms with Crippen LogP contribution in [0.15, 0.2) is 18.5 Å². The fraction of sp³-hybridized carbons (Fsp3) is 0.636. The molecule has 0 spiro atoms. The normalized spacial score (nSPS) is 25.1. The Bertz CT molecular complexity index is 313. The molecule has 2 saturated heterocycles. The molecule has 2 aliphatic heterocycles. The van der Waals surface area contributed by atoms with Crippen LogP contribution in [0.5, 0.6) is 0 Å². The summed E-state index contributed by atoms with van der Waals surface area (Å²) in [6.07, 6.45) is 8.84. The molecule has 0 N–H and O–H groups in total. The molecule has 3 nitrogen and oxygen atoms in total. The van der Waals surface area contributed by atoms with Gasteiger partial charge in [0.15, 0.2) is 0 Å². The Morgan fingerprint density at radius 3 is 2.36 bits per heavy atom. The van der Waals surface area contributed by atoms with Gasteiger partial charge in [-0.1, -0.05) is 0 Å². The van der Waals surface area contributed by atoms with Gasteiger partial charge in [0, 0.05) is 12.4 Å². The molecule has 3 heteroatoms. The van der Waals surface area contributed by atoms with Crippen LogP contribution >= 0.6 is 0 Å². The second kappa shape index (κ2) is 3.02. The maximum Gasteiger partial charge on any atom is 0.148 e. The van der Waals surface area contributed by atoms with Crippen LogP contribution in [0.1, 0.15) is 31.5 Å². The van der Waals surface area contributed by atoms with Gasteiger partial charge in [0.1, 0.15) is 5.82 Å². The summed E-state index contributed by atoms with van der Waals surface area (Å²) in [5.41, 5.74) is 0.210. The lowest BCUT2D eigenvalue weighted by molar-refractivity contribution is 0.185. The zero-order chi connectivity index (χ0) is 9.43. The summed E-state index contributed by atoms with van der Waals surface area (Å²) in [4.78, 5) is 11.5. The molecule has 1 aromatic rings. The lowest BCUT2D eigenvalue weighted by atomic mass is 9.93. The number of fused-ring (bicyclic) bond motifs is 1. The van der Waals surface area contributed by atoms with E-state index in [9.17, 15) is 0 Å². The predicted molar refractivity (Wildman–Crippen MR) is 53.8 cm³/mol. The van der Waals surface area contributed by atoms with Gasteiger partial charge in [-0.05, 0) is 44.8 Å². The van der Waals surface area contributed by atoms with E-state index in [0.717, 1.165) is 5.82 Å². The molecule has 0 amide bonds. The monoisotopic (exact) mass is 189 g/mol. The van der Waals surface area contributed by atoms with Crippen LogP contribution in [0.2, 0.25) is 0 Å². The zero-order valence-corrected chi connectivity index (χ0v) is 8.32. The average Bonchev–Trinajstić information content (AvgIpc) is 2.77. The molecule has 1 aromatic heterocycles. The van der Waals surface area contributed by atoms with E-state index in [2.05, 4.69) is 14.9 Å². The van der Waals surface area contributed by atoms with Gasteiger partial charge in [-0.3, -0.25) is 4.90 Å². The van der Waals surface area contributed by atoms with Crippen molar-refractivity contribution in [2.24, 2.45) is 0 Å². The van der Waals surface area contributed by atoms with Crippen LogP contribution in [0.4, 0.5) is 0 Å². The maximum atomic E-state index is 4.44. The Morgan fingerprint density at radius 1 is 1.07 bits per heavy atom. The SMILES string of the molecule is c1cnc(C23CCCN2CCC3)nc1. The molecule has 0 aliphatic carbocycles. The number of rotatable bonds is 1. The fourth-order valence-corrected chi connectivity index (χ4v) is 3.01. The van der Waals surface area contributed by atoms with Crippen molar-refractivity contribution in [3.05, 3.63) is 24.3 Å². The van der Waals surface area contributed by atoms with Crippen molar-refractivity contribution in [1.82, 2.24) is 14.9 Å². The second-order valence-electron chi connectivity index (χ2n) is 4.30. The van der Waals surface area contributed by atoms with Crippen molar-refractivity contribution < 1.29 is 0 Å². The molecule has 0 radical (unpaired) electrons. The highest BCUT2D eigenvalue weighted by molar-refractivity contribution is 5.12. The summed E-state index contributed by atoms with van der Waals surface area (Å²) in [6, 6.07) is 1.90. The Morgan fingerprint density at radius 2 is 1.71 bits per heavy atom. The van der Waals surface area contributed by atoms with E-state index in [1.807, 2.05) is 18.5 Å². The summed E-state index contributed by atoms with van der Waals surface area (Å²) in [5.74, 6) is 1.05. The highest BCUT2D eigenvalue weighted by Gasteiger charge is 2.47. The van der Waals surface area contributed by atoms with Gasteiger partial charge in [0.25, 0.3) is 0 Å². The van der Waals surface area contributed by atoms with E-state index in [4.69, 9.17) is 0 Å². The van der Waals surface area contributed by atoms with Gasteiger partial charge in [-0.25, -0.2) is 9.97 Å². The molecular weight excluding hydrogens is 174 g/mol. The van der Waals surface area contributed by atoms with E-state index in [-0.39, 0.29) is 5.54 Å². The summed E-state index contributed by atoms with van der Waals surface area (Å²) >= 11 is 0. The van der Waals surface area contributed by atoms with Crippen LogP contribution < -0.4 is 0 Å². The Hall–Kier alpha value is -0.960. The predicted octanol–water partition coefficient (Wildman–Crippen LogP) is 1.56. The Balaban J connectivity index is 2.03. The molecule has 2 aliphatic rings. The Labute approximate surface area is 84.2 Å². The maximum absolute atomic E-state index is 4.44. The van der Waals surface area contributed by atoms with Gasteiger partial charge in [0.2, 0.25) is 0 Å². The molecule has 0 aromatic carbocycles. The Kier molecular flexibility index (Phi) is 1.80. The summed E-state index contributed by atoms with van der Waals surface area (Å²) in [5, 5.41) is 0. The lowest BCUT2D eigenvalue weighted by Crippen LogP contribution is -2.36. The van der Waals surface area contributed by atoms with E-state index >= 15 is 0 Å². The molecule has 2 fully saturated rings. The van der Waals surface area contributed by atoms with E-state index < -0.39 is 0 Å². The molecule has 0 atom stereocenters.